The Morgan fingerprint density at radius 1 is 1.21 bits per heavy atom. The lowest BCUT2D eigenvalue weighted by Gasteiger charge is -2.23. The molecule has 8 heteroatoms. The fraction of sp³-hybridized carbons (Fsp3) is 0.562. The molecule has 0 heterocycles. The summed E-state index contributed by atoms with van der Waals surface area (Å²) in [5.41, 5.74) is 0.871. The van der Waals surface area contributed by atoms with E-state index < -0.39 is 10.0 Å². The minimum absolute atomic E-state index is 0.0896. The van der Waals surface area contributed by atoms with E-state index in [0.29, 0.717) is 19.1 Å². The number of nitrogens with zero attached hydrogens (tertiary/aromatic N) is 1. The zero-order valence-corrected chi connectivity index (χ0v) is 15.8. The largest absolute Gasteiger partial charge is 0.383 e. The highest BCUT2D eigenvalue weighted by molar-refractivity contribution is 7.89. The first-order valence-electron chi connectivity index (χ1n) is 7.74. The van der Waals surface area contributed by atoms with E-state index in [-0.39, 0.29) is 17.0 Å². The number of rotatable bonds is 7. The molecule has 0 amide bonds. The third kappa shape index (κ3) is 7.29. The average Bonchev–Trinajstić information content (AvgIpc) is 2.51. The minimum atomic E-state index is -3.50. The molecule has 1 rings (SSSR count). The van der Waals surface area contributed by atoms with Crippen LogP contribution in [0.2, 0.25) is 0 Å². The van der Waals surface area contributed by atoms with Gasteiger partial charge in [-0.1, -0.05) is 12.1 Å². The zero-order valence-electron chi connectivity index (χ0n) is 15.0. The Morgan fingerprint density at radius 2 is 1.83 bits per heavy atom. The molecule has 0 spiro atoms. The molecule has 136 valence electrons. The van der Waals surface area contributed by atoms with Crippen LogP contribution in [-0.4, -0.2) is 47.2 Å². The van der Waals surface area contributed by atoms with Gasteiger partial charge in [0.05, 0.1) is 11.5 Å². The molecule has 0 unspecified atom stereocenters. The molecule has 7 nitrogen and oxygen atoms in total. The van der Waals surface area contributed by atoms with Crippen LogP contribution in [0.1, 0.15) is 26.3 Å². The average molecular weight is 356 g/mol. The summed E-state index contributed by atoms with van der Waals surface area (Å²) in [4.78, 5) is 4.40. The lowest BCUT2D eigenvalue weighted by Crippen LogP contribution is -2.47. The molecule has 0 aliphatic carbocycles. The van der Waals surface area contributed by atoms with Crippen LogP contribution in [0.3, 0.4) is 0 Å². The number of aliphatic imine (C=N–C) groups is 1. The predicted molar refractivity (Wildman–Crippen MR) is 96.6 cm³/mol. The molecule has 1 aromatic rings. The maximum atomic E-state index is 12.1. The van der Waals surface area contributed by atoms with Gasteiger partial charge in [-0.15, -0.1) is 0 Å². The number of hydrogen-bond donors (Lipinski definition) is 3. The number of hydrogen-bond acceptors (Lipinski definition) is 4. The van der Waals surface area contributed by atoms with Crippen LogP contribution in [0, 0.1) is 0 Å². The molecule has 0 fully saturated rings. The monoisotopic (exact) mass is 356 g/mol. The molecule has 0 saturated heterocycles. The summed E-state index contributed by atoms with van der Waals surface area (Å²) in [5, 5.41) is 6.46. The van der Waals surface area contributed by atoms with Crippen molar-refractivity contribution in [2.45, 2.75) is 37.8 Å². The minimum Gasteiger partial charge on any atom is -0.383 e. The highest BCUT2D eigenvalue weighted by atomic mass is 32.2. The Balaban J connectivity index is 2.65. The Morgan fingerprint density at radius 3 is 2.33 bits per heavy atom. The summed E-state index contributed by atoms with van der Waals surface area (Å²) in [7, 11) is -0.259. The molecule has 1 aromatic carbocycles. The van der Waals surface area contributed by atoms with Crippen molar-refractivity contribution in [1.29, 1.82) is 0 Å². The lowest BCUT2D eigenvalue weighted by atomic mass is 10.1. The summed E-state index contributed by atoms with van der Waals surface area (Å²) in [6.07, 6.45) is 0. The Bertz CT molecular complexity index is 634. The summed E-state index contributed by atoms with van der Waals surface area (Å²) >= 11 is 0. The molecule has 0 aromatic heterocycles. The molecule has 0 saturated carbocycles. The van der Waals surface area contributed by atoms with Gasteiger partial charge < -0.3 is 15.4 Å². The molecule has 0 atom stereocenters. The number of guanidine groups is 1. The van der Waals surface area contributed by atoms with Crippen LogP contribution in [0.15, 0.2) is 34.2 Å². The van der Waals surface area contributed by atoms with Crippen LogP contribution in [0.25, 0.3) is 0 Å². The van der Waals surface area contributed by atoms with Gasteiger partial charge in [-0.05, 0) is 38.5 Å². The van der Waals surface area contributed by atoms with E-state index in [0.717, 1.165) is 5.56 Å². The second-order valence-electron chi connectivity index (χ2n) is 6.34. The number of sulfonamides is 1. The third-order valence-corrected chi connectivity index (χ3v) is 4.49. The molecule has 3 N–H and O–H groups in total. The number of ether oxygens (including phenoxy) is 1. The summed E-state index contributed by atoms with van der Waals surface area (Å²) in [6.45, 7) is 7.29. The lowest BCUT2D eigenvalue weighted by molar-refractivity contribution is 0.204. The van der Waals surface area contributed by atoms with Gasteiger partial charge in [-0.25, -0.2) is 13.1 Å². The Kier molecular flexibility index (Phi) is 7.65. The zero-order chi connectivity index (χ0) is 18.2. The third-order valence-electron chi connectivity index (χ3n) is 3.01. The van der Waals surface area contributed by atoms with Crippen molar-refractivity contribution in [2.75, 3.05) is 27.3 Å². The van der Waals surface area contributed by atoms with Crippen molar-refractivity contribution in [3.8, 4) is 0 Å². The van der Waals surface area contributed by atoms with Crippen molar-refractivity contribution in [3.63, 3.8) is 0 Å². The standard InChI is InChI=1S/C16H28N4O3S/c1-16(2,3)20-15(17-4)18-12-13-6-8-14(9-7-13)24(21,22)19-10-11-23-5/h6-9,19H,10-12H2,1-5H3,(H2,17,18,20). The SMILES string of the molecule is CN=C(NCc1ccc(S(=O)(=O)NCCOC)cc1)NC(C)(C)C. The summed E-state index contributed by atoms with van der Waals surface area (Å²) < 4.78 is 31.5. The molecule has 0 aliphatic heterocycles. The van der Waals surface area contributed by atoms with Gasteiger partial charge in [-0.2, -0.15) is 0 Å². The van der Waals surface area contributed by atoms with Crippen molar-refractivity contribution >= 4 is 16.0 Å². The molecule has 24 heavy (non-hydrogen) atoms. The van der Waals surface area contributed by atoms with Crippen molar-refractivity contribution in [1.82, 2.24) is 15.4 Å². The van der Waals surface area contributed by atoms with Crippen LogP contribution < -0.4 is 15.4 Å². The number of methoxy groups -OCH3 is 1. The van der Waals surface area contributed by atoms with E-state index >= 15 is 0 Å². The topological polar surface area (TPSA) is 91.8 Å². The molecular formula is C16H28N4O3S. The van der Waals surface area contributed by atoms with E-state index in [1.165, 1.54) is 7.11 Å². The first-order valence-corrected chi connectivity index (χ1v) is 9.22. The van der Waals surface area contributed by atoms with Crippen LogP contribution in [0.5, 0.6) is 0 Å². The van der Waals surface area contributed by atoms with Gasteiger partial charge in [0.2, 0.25) is 10.0 Å². The van der Waals surface area contributed by atoms with Gasteiger partial charge in [0.15, 0.2) is 5.96 Å². The van der Waals surface area contributed by atoms with E-state index in [9.17, 15) is 8.42 Å². The van der Waals surface area contributed by atoms with Crippen molar-refractivity contribution in [2.24, 2.45) is 4.99 Å². The van der Waals surface area contributed by atoms with Crippen LogP contribution >= 0.6 is 0 Å². The van der Waals surface area contributed by atoms with Gasteiger partial charge in [0.1, 0.15) is 0 Å². The van der Waals surface area contributed by atoms with Crippen LogP contribution in [0.4, 0.5) is 0 Å². The maximum absolute atomic E-state index is 12.1. The fourth-order valence-corrected chi connectivity index (χ4v) is 2.88. The smallest absolute Gasteiger partial charge is 0.240 e. The molecule has 0 bridgehead atoms. The molecular weight excluding hydrogens is 328 g/mol. The van der Waals surface area contributed by atoms with Crippen molar-refractivity contribution in [3.05, 3.63) is 29.8 Å². The van der Waals surface area contributed by atoms with Gasteiger partial charge >= 0.3 is 0 Å². The maximum Gasteiger partial charge on any atom is 0.240 e. The second-order valence-corrected chi connectivity index (χ2v) is 8.10. The Hall–Kier alpha value is -1.64. The van der Waals surface area contributed by atoms with Gasteiger partial charge in [0.25, 0.3) is 0 Å². The second kappa shape index (κ2) is 9.00. The van der Waals surface area contributed by atoms with E-state index in [1.54, 1.807) is 31.3 Å². The quantitative estimate of drug-likeness (QED) is 0.386. The molecule has 0 aliphatic rings. The first kappa shape index (κ1) is 20.4. The normalized spacial score (nSPS) is 13.0. The Labute approximate surface area is 145 Å². The number of benzene rings is 1. The highest BCUT2D eigenvalue weighted by Gasteiger charge is 2.14. The summed E-state index contributed by atoms with van der Waals surface area (Å²) in [5.74, 6) is 0.695. The van der Waals surface area contributed by atoms with Gasteiger partial charge in [-0.3, -0.25) is 4.99 Å². The van der Waals surface area contributed by atoms with E-state index in [4.69, 9.17) is 4.74 Å². The number of nitrogens with one attached hydrogen (secondary N) is 3. The molecule has 0 radical (unpaired) electrons. The summed E-state index contributed by atoms with van der Waals surface area (Å²) in [6, 6.07) is 6.74. The van der Waals surface area contributed by atoms with Crippen LogP contribution in [-0.2, 0) is 21.3 Å². The highest BCUT2D eigenvalue weighted by Crippen LogP contribution is 2.10. The predicted octanol–water partition coefficient (Wildman–Crippen LogP) is 1.07. The fourth-order valence-electron chi connectivity index (χ4n) is 1.87. The first-order chi connectivity index (χ1) is 11.2. The van der Waals surface area contributed by atoms with Crippen molar-refractivity contribution < 1.29 is 13.2 Å². The van der Waals surface area contributed by atoms with Gasteiger partial charge in [0, 0.05) is 32.8 Å². The van der Waals surface area contributed by atoms with E-state index in [2.05, 4.69) is 41.1 Å². The van der Waals surface area contributed by atoms with E-state index in [1.807, 2.05) is 0 Å².